The van der Waals surface area contributed by atoms with Crippen molar-refractivity contribution >= 4 is 0 Å². The average Bonchev–Trinajstić information content (AvgIpc) is 2.85. The van der Waals surface area contributed by atoms with E-state index in [0.29, 0.717) is 6.04 Å². The van der Waals surface area contributed by atoms with E-state index in [-0.39, 0.29) is 0 Å². The van der Waals surface area contributed by atoms with Crippen LogP contribution in [0.15, 0.2) is 0 Å². The summed E-state index contributed by atoms with van der Waals surface area (Å²) in [5, 5.41) is 0. The van der Waals surface area contributed by atoms with E-state index in [9.17, 15) is 0 Å². The summed E-state index contributed by atoms with van der Waals surface area (Å²) in [4.78, 5) is 2.70. The minimum absolute atomic E-state index is 0.508. The van der Waals surface area contributed by atoms with E-state index >= 15 is 0 Å². The van der Waals surface area contributed by atoms with Crippen molar-refractivity contribution in [3.8, 4) is 0 Å². The third kappa shape index (κ3) is 1.70. The summed E-state index contributed by atoms with van der Waals surface area (Å²) in [5.74, 6) is 1.92. The lowest BCUT2D eigenvalue weighted by molar-refractivity contribution is 0.204. The Kier molecular flexibility index (Phi) is 2.29. The molecule has 3 atom stereocenters. The average molecular weight is 194 g/mol. The van der Waals surface area contributed by atoms with Crippen molar-refractivity contribution in [2.45, 2.75) is 50.6 Å². The Bertz CT molecular complexity index is 212. The molecule has 3 unspecified atom stereocenters. The number of piperidine rings is 1. The number of nitrogens with two attached hydrogens (primary N) is 1. The highest BCUT2D eigenvalue weighted by molar-refractivity contribution is 4.93. The molecule has 1 aliphatic heterocycles. The first-order valence-corrected chi connectivity index (χ1v) is 6.32. The molecule has 0 radical (unpaired) electrons. The van der Waals surface area contributed by atoms with Gasteiger partial charge in [0, 0.05) is 18.6 Å². The van der Waals surface area contributed by atoms with Gasteiger partial charge in [-0.05, 0) is 56.9 Å². The van der Waals surface area contributed by atoms with E-state index in [0.717, 1.165) is 17.9 Å². The van der Waals surface area contributed by atoms with Gasteiger partial charge in [-0.15, -0.1) is 0 Å². The molecule has 3 aliphatic rings. The highest BCUT2D eigenvalue weighted by atomic mass is 15.2. The van der Waals surface area contributed by atoms with Gasteiger partial charge in [0.25, 0.3) is 0 Å². The maximum absolute atomic E-state index is 6.13. The molecular formula is C12H22N2. The molecule has 0 spiro atoms. The molecule has 0 aromatic heterocycles. The van der Waals surface area contributed by atoms with Gasteiger partial charge in [-0.2, -0.15) is 0 Å². The molecule has 3 fully saturated rings. The van der Waals surface area contributed by atoms with Crippen molar-refractivity contribution in [1.29, 1.82) is 0 Å². The highest BCUT2D eigenvalue weighted by Crippen LogP contribution is 2.38. The number of rotatable bonds is 4. The Morgan fingerprint density at radius 3 is 2.64 bits per heavy atom. The molecule has 0 aromatic carbocycles. The minimum atomic E-state index is 0.508. The fraction of sp³-hybridized carbons (Fsp3) is 1.00. The normalized spacial score (nSPS) is 39.2. The van der Waals surface area contributed by atoms with Gasteiger partial charge in [-0.3, -0.25) is 0 Å². The largest absolute Gasteiger partial charge is 0.327 e. The Morgan fingerprint density at radius 2 is 2.07 bits per heavy atom. The van der Waals surface area contributed by atoms with Crippen molar-refractivity contribution in [1.82, 2.24) is 4.90 Å². The van der Waals surface area contributed by atoms with Crippen molar-refractivity contribution in [2.75, 3.05) is 13.1 Å². The minimum Gasteiger partial charge on any atom is -0.327 e. The van der Waals surface area contributed by atoms with E-state index in [1.54, 1.807) is 0 Å². The summed E-state index contributed by atoms with van der Waals surface area (Å²) >= 11 is 0. The maximum atomic E-state index is 6.13. The van der Waals surface area contributed by atoms with E-state index < -0.39 is 0 Å². The zero-order chi connectivity index (χ0) is 9.54. The van der Waals surface area contributed by atoms with Gasteiger partial charge >= 0.3 is 0 Å². The van der Waals surface area contributed by atoms with Crippen LogP contribution in [0.3, 0.4) is 0 Å². The lowest BCUT2D eigenvalue weighted by atomic mass is 10.1. The molecule has 2 heteroatoms. The van der Waals surface area contributed by atoms with Gasteiger partial charge in [0.05, 0.1) is 0 Å². The van der Waals surface area contributed by atoms with Crippen LogP contribution in [0.25, 0.3) is 0 Å². The van der Waals surface area contributed by atoms with Crippen LogP contribution < -0.4 is 5.73 Å². The quantitative estimate of drug-likeness (QED) is 0.736. The van der Waals surface area contributed by atoms with Gasteiger partial charge in [0.2, 0.25) is 0 Å². The fourth-order valence-corrected chi connectivity index (χ4v) is 3.38. The fourth-order valence-electron chi connectivity index (χ4n) is 3.38. The summed E-state index contributed by atoms with van der Waals surface area (Å²) in [5.41, 5.74) is 6.13. The standard InChI is InChI=1S/C12H22N2/c13-12(10-2-3-10)5-6-14-8-9-1-4-11(14)7-9/h9-12H,1-8,13H2. The molecule has 1 heterocycles. The van der Waals surface area contributed by atoms with Crippen molar-refractivity contribution in [2.24, 2.45) is 17.6 Å². The predicted octanol–water partition coefficient (Wildman–Crippen LogP) is 1.60. The van der Waals surface area contributed by atoms with Gasteiger partial charge in [-0.25, -0.2) is 0 Å². The second-order valence-corrected chi connectivity index (χ2v) is 5.62. The van der Waals surface area contributed by atoms with E-state index in [2.05, 4.69) is 4.90 Å². The van der Waals surface area contributed by atoms with Crippen LogP contribution in [0.4, 0.5) is 0 Å². The van der Waals surface area contributed by atoms with Gasteiger partial charge in [-0.1, -0.05) is 0 Å². The molecule has 2 aliphatic carbocycles. The number of hydrogen-bond donors (Lipinski definition) is 1. The summed E-state index contributed by atoms with van der Waals surface area (Å²) in [7, 11) is 0. The highest BCUT2D eigenvalue weighted by Gasteiger charge is 2.38. The number of fused-ring (bicyclic) bond motifs is 2. The van der Waals surface area contributed by atoms with Gasteiger partial charge < -0.3 is 10.6 Å². The predicted molar refractivity (Wildman–Crippen MR) is 58.0 cm³/mol. The molecule has 1 saturated heterocycles. The van der Waals surface area contributed by atoms with E-state index in [1.807, 2.05) is 0 Å². The number of hydrogen-bond acceptors (Lipinski definition) is 2. The molecule has 3 rings (SSSR count). The molecular weight excluding hydrogens is 172 g/mol. The SMILES string of the molecule is NC(CCN1CC2CCC1C2)C1CC1. The Balaban J connectivity index is 1.44. The maximum Gasteiger partial charge on any atom is 0.00986 e. The number of likely N-dealkylation sites (tertiary alicyclic amines) is 1. The third-order valence-electron chi connectivity index (χ3n) is 4.50. The van der Waals surface area contributed by atoms with Crippen LogP contribution >= 0.6 is 0 Å². The van der Waals surface area contributed by atoms with E-state index in [1.165, 1.54) is 51.6 Å². The lowest BCUT2D eigenvalue weighted by Crippen LogP contribution is -2.36. The second-order valence-electron chi connectivity index (χ2n) is 5.62. The second kappa shape index (κ2) is 3.49. The smallest absolute Gasteiger partial charge is 0.00986 e. The van der Waals surface area contributed by atoms with Crippen molar-refractivity contribution in [3.63, 3.8) is 0 Å². The molecule has 80 valence electrons. The third-order valence-corrected chi connectivity index (χ3v) is 4.50. The van der Waals surface area contributed by atoms with Gasteiger partial charge in [0.1, 0.15) is 0 Å². The molecule has 0 amide bonds. The summed E-state index contributed by atoms with van der Waals surface area (Å²) < 4.78 is 0. The molecule has 14 heavy (non-hydrogen) atoms. The Labute approximate surface area is 86.8 Å². The molecule has 2 N–H and O–H groups in total. The van der Waals surface area contributed by atoms with Crippen LogP contribution in [0.5, 0.6) is 0 Å². The summed E-state index contributed by atoms with van der Waals surface area (Å²) in [6.45, 7) is 2.65. The van der Waals surface area contributed by atoms with Crippen LogP contribution in [0.2, 0.25) is 0 Å². The molecule has 2 nitrogen and oxygen atoms in total. The first-order valence-electron chi connectivity index (χ1n) is 6.32. The summed E-state index contributed by atoms with van der Waals surface area (Å²) in [6, 6.07) is 1.44. The molecule has 0 aromatic rings. The van der Waals surface area contributed by atoms with Crippen molar-refractivity contribution in [3.05, 3.63) is 0 Å². The monoisotopic (exact) mass is 194 g/mol. The summed E-state index contributed by atoms with van der Waals surface area (Å²) in [6.07, 6.45) is 8.48. The van der Waals surface area contributed by atoms with E-state index in [4.69, 9.17) is 5.73 Å². The Morgan fingerprint density at radius 1 is 1.21 bits per heavy atom. The lowest BCUT2D eigenvalue weighted by Gasteiger charge is -2.27. The zero-order valence-corrected chi connectivity index (χ0v) is 8.99. The first kappa shape index (κ1) is 9.17. The first-order chi connectivity index (χ1) is 6.83. The molecule has 2 saturated carbocycles. The topological polar surface area (TPSA) is 29.3 Å². The zero-order valence-electron chi connectivity index (χ0n) is 8.99. The van der Waals surface area contributed by atoms with Crippen LogP contribution in [-0.2, 0) is 0 Å². The van der Waals surface area contributed by atoms with Crippen LogP contribution in [-0.4, -0.2) is 30.1 Å². The van der Waals surface area contributed by atoms with Crippen LogP contribution in [0.1, 0.15) is 38.5 Å². The number of nitrogens with zero attached hydrogens (tertiary/aromatic N) is 1. The van der Waals surface area contributed by atoms with Crippen LogP contribution in [0, 0.1) is 11.8 Å². The van der Waals surface area contributed by atoms with Crippen molar-refractivity contribution < 1.29 is 0 Å². The molecule has 2 bridgehead atoms. The van der Waals surface area contributed by atoms with Gasteiger partial charge in [0.15, 0.2) is 0 Å². The Hall–Kier alpha value is -0.0800.